The number of esters is 1. The number of carbonyl (C=O) groups excluding carboxylic acids is 1. The number of carbonyl (C=O) groups is 1. The van der Waals surface area contributed by atoms with Gasteiger partial charge in [0.2, 0.25) is 0 Å². The molecule has 0 aliphatic heterocycles. The van der Waals surface area contributed by atoms with Crippen LogP contribution in [0.25, 0.3) is 11.2 Å². The van der Waals surface area contributed by atoms with Crippen LogP contribution in [0.5, 0.6) is 0 Å². The Morgan fingerprint density at radius 1 is 1.41 bits per heavy atom. The molecule has 0 aliphatic rings. The van der Waals surface area contributed by atoms with E-state index in [0.29, 0.717) is 0 Å². The number of ether oxygens (including phenoxy) is 2. The van der Waals surface area contributed by atoms with Crippen LogP contribution in [0.3, 0.4) is 0 Å². The monoisotopic (exact) mass is 399 g/mol. The lowest BCUT2D eigenvalue weighted by atomic mass is 9.97. The molecule has 1 aromatic carbocycles. The van der Waals surface area contributed by atoms with Crippen molar-refractivity contribution in [2.24, 2.45) is 0 Å². The quantitative estimate of drug-likeness (QED) is 0.339. The second-order valence-corrected chi connectivity index (χ2v) is 6.10. The molecule has 0 saturated heterocycles. The van der Waals surface area contributed by atoms with Crippen molar-refractivity contribution in [2.75, 3.05) is 19.5 Å². The van der Waals surface area contributed by atoms with Crippen molar-refractivity contribution in [3.8, 4) is 12.3 Å². The Labute approximate surface area is 165 Å². The van der Waals surface area contributed by atoms with Gasteiger partial charge in [0.05, 0.1) is 25.0 Å². The molecule has 3 aromatic rings. The van der Waals surface area contributed by atoms with Gasteiger partial charge in [0.15, 0.2) is 23.2 Å². The summed E-state index contributed by atoms with van der Waals surface area (Å²) in [5, 5.41) is 9.87. The van der Waals surface area contributed by atoms with Gasteiger partial charge in [0, 0.05) is 7.11 Å². The zero-order valence-electron chi connectivity index (χ0n) is 15.4. The number of hydrogen-bond donors (Lipinski definition) is 2. The van der Waals surface area contributed by atoms with Crippen molar-refractivity contribution in [3.05, 3.63) is 48.3 Å². The summed E-state index contributed by atoms with van der Waals surface area (Å²) in [6.07, 6.45) is 4.71. The SMILES string of the molecule is C#CC(CO)(OC)[C@H](Cn1cnc2c(N)nc(F)nc21)OC(=O)c1ccccc1. The summed E-state index contributed by atoms with van der Waals surface area (Å²) >= 11 is 0. The van der Waals surface area contributed by atoms with Crippen LogP contribution in [0.2, 0.25) is 0 Å². The maximum atomic E-state index is 13.6. The summed E-state index contributed by atoms with van der Waals surface area (Å²) in [7, 11) is 1.28. The zero-order chi connectivity index (χ0) is 21.0. The van der Waals surface area contributed by atoms with E-state index in [0.717, 1.165) is 0 Å². The van der Waals surface area contributed by atoms with E-state index in [1.165, 1.54) is 18.0 Å². The lowest BCUT2D eigenvalue weighted by Crippen LogP contribution is -2.50. The number of aromatic nitrogens is 4. The highest BCUT2D eigenvalue weighted by Gasteiger charge is 2.41. The number of rotatable bonds is 7. The van der Waals surface area contributed by atoms with E-state index in [9.17, 15) is 14.3 Å². The number of nitrogens with two attached hydrogens (primary N) is 1. The first-order valence-corrected chi connectivity index (χ1v) is 8.47. The van der Waals surface area contributed by atoms with Gasteiger partial charge in [-0.2, -0.15) is 14.4 Å². The first kappa shape index (κ1) is 20.2. The molecule has 0 bridgehead atoms. The van der Waals surface area contributed by atoms with Gasteiger partial charge >= 0.3 is 12.0 Å². The number of hydrogen-bond acceptors (Lipinski definition) is 8. The number of terminal acetylenes is 1. The lowest BCUT2D eigenvalue weighted by molar-refractivity contribution is -0.102. The molecular formula is C19H18FN5O4. The van der Waals surface area contributed by atoms with Crippen LogP contribution < -0.4 is 5.73 Å². The first-order chi connectivity index (χ1) is 13.9. The Morgan fingerprint density at radius 2 is 2.14 bits per heavy atom. The number of halogens is 1. The average Bonchev–Trinajstić information content (AvgIpc) is 3.13. The molecule has 2 heterocycles. The predicted octanol–water partition coefficient (Wildman–Crippen LogP) is 0.784. The van der Waals surface area contributed by atoms with E-state index in [1.807, 2.05) is 0 Å². The molecule has 0 saturated carbocycles. The molecule has 1 unspecified atom stereocenters. The maximum Gasteiger partial charge on any atom is 0.338 e. The molecule has 0 radical (unpaired) electrons. The van der Waals surface area contributed by atoms with Gasteiger partial charge in [-0.05, 0) is 12.1 Å². The molecule has 29 heavy (non-hydrogen) atoms. The smallest absolute Gasteiger partial charge is 0.338 e. The largest absolute Gasteiger partial charge is 0.453 e. The van der Waals surface area contributed by atoms with Crippen LogP contribution in [0.4, 0.5) is 10.2 Å². The van der Waals surface area contributed by atoms with E-state index < -0.39 is 30.4 Å². The predicted molar refractivity (Wildman–Crippen MR) is 101 cm³/mol. The second-order valence-electron chi connectivity index (χ2n) is 6.10. The second kappa shape index (κ2) is 8.22. The molecule has 9 nitrogen and oxygen atoms in total. The van der Waals surface area contributed by atoms with Crippen LogP contribution >= 0.6 is 0 Å². The Balaban J connectivity index is 2.00. The minimum atomic E-state index is -1.65. The summed E-state index contributed by atoms with van der Waals surface area (Å²) in [4.78, 5) is 23.8. The first-order valence-electron chi connectivity index (χ1n) is 8.47. The molecule has 0 amide bonds. The van der Waals surface area contributed by atoms with Crippen molar-refractivity contribution in [1.82, 2.24) is 19.5 Å². The Kier molecular flexibility index (Phi) is 5.72. The van der Waals surface area contributed by atoms with Gasteiger partial charge in [0.25, 0.3) is 0 Å². The van der Waals surface area contributed by atoms with Gasteiger partial charge in [-0.1, -0.05) is 24.1 Å². The third-order valence-electron chi connectivity index (χ3n) is 4.45. The average molecular weight is 399 g/mol. The number of benzene rings is 1. The minimum Gasteiger partial charge on any atom is -0.453 e. The molecule has 0 aliphatic carbocycles. The van der Waals surface area contributed by atoms with Crippen molar-refractivity contribution in [1.29, 1.82) is 0 Å². The lowest BCUT2D eigenvalue weighted by Gasteiger charge is -2.33. The van der Waals surface area contributed by atoms with Crippen molar-refractivity contribution in [2.45, 2.75) is 18.2 Å². The van der Waals surface area contributed by atoms with Crippen LogP contribution in [-0.4, -0.2) is 56.0 Å². The fourth-order valence-electron chi connectivity index (χ4n) is 2.80. The van der Waals surface area contributed by atoms with Gasteiger partial charge in [-0.15, -0.1) is 6.42 Å². The standard InChI is InChI=1S/C19H18FN5O4/c1-3-19(10-26,28-2)13(29-17(27)12-7-5-4-6-8-12)9-25-11-22-14-15(21)23-18(20)24-16(14)25/h1,4-8,11,13,26H,9-10H2,2H3,(H2,21,23,24)/t13-,19?/m0/s1. The number of aliphatic hydroxyl groups excluding tert-OH is 1. The van der Waals surface area contributed by atoms with Crippen molar-refractivity contribution >= 4 is 23.0 Å². The summed E-state index contributed by atoms with van der Waals surface area (Å²) in [6.45, 7) is -0.769. The number of anilines is 1. The molecule has 0 spiro atoms. The molecule has 2 aromatic heterocycles. The summed E-state index contributed by atoms with van der Waals surface area (Å²) < 4.78 is 25.9. The highest BCUT2D eigenvalue weighted by Crippen LogP contribution is 2.23. The van der Waals surface area contributed by atoms with E-state index in [4.69, 9.17) is 21.6 Å². The minimum absolute atomic E-state index is 0.0794. The van der Waals surface area contributed by atoms with Crippen LogP contribution in [0, 0.1) is 18.4 Å². The topological polar surface area (TPSA) is 125 Å². The van der Waals surface area contributed by atoms with Gasteiger partial charge in [0.1, 0.15) is 5.52 Å². The fraction of sp³-hybridized carbons (Fsp3) is 0.263. The molecule has 0 fully saturated rings. The van der Waals surface area contributed by atoms with E-state index in [1.54, 1.807) is 30.3 Å². The molecule has 2 atom stereocenters. The Morgan fingerprint density at radius 3 is 2.76 bits per heavy atom. The number of nitrogens with zero attached hydrogens (tertiary/aromatic N) is 4. The highest BCUT2D eigenvalue weighted by atomic mass is 19.1. The van der Waals surface area contributed by atoms with Crippen LogP contribution in [0.15, 0.2) is 36.7 Å². The van der Waals surface area contributed by atoms with Crippen molar-refractivity contribution in [3.63, 3.8) is 0 Å². The fourth-order valence-corrected chi connectivity index (χ4v) is 2.80. The molecular weight excluding hydrogens is 381 g/mol. The Bertz CT molecular complexity index is 1060. The highest BCUT2D eigenvalue weighted by molar-refractivity contribution is 5.89. The third-order valence-corrected chi connectivity index (χ3v) is 4.45. The maximum absolute atomic E-state index is 13.6. The van der Waals surface area contributed by atoms with Gasteiger partial charge in [-0.25, -0.2) is 9.78 Å². The van der Waals surface area contributed by atoms with E-state index in [2.05, 4.69) is 20.9 Å². The summed E-state index contributed by atoms with van der Waals surface area (Å²) in [5.41, 5.74) is 4.55. The van der Waals surface area contributed by atoms with Gasteiger partial charge < -0.3 is 24.9 Å². The molecule has 3 N–H and O–H groups in total. The van der Waals surface area contributed by atoms with Crippen LogP contribution in [0.1, 0.15) is 10.4 Å². The van der Waals surface area contributed by atoms with Gasteiger partial charge in [-0.3, -0.25) is 0 Å². The van der Waals surface area contributed by atoms with Crippen molar-refractivity contribution < 1.29 is 23.8 Å². The molecule has 10 heteroatoms. The number of aliphatic hydroxyl groups is 1. The number of imidazole rings is 1. The zero-order valence-corrected chi connectivity index (χ0v) is 15.4. The number of fused-ring (bicyclic) bond motifs is 1. The summed E-state index contributed by atoms with van der Waals surface area (Å²) in [5.74, 6) is 1.53. The number of nitrogen functional groups attached to an aromatic ring is 1. The van der Waals surface area contributed by atoms with E-state index >= 15 is 0 Å². The van der Waals surface area contributed by atoms with E-state index in [-0.39, 0.29) is 29.1 Å². The molecule has 3 rings (SSSR count). The number of methoxy groups -OCH3 is 1. The third kappa shape index (κ3) is 3.87. The van der Waals surface area contributed by atoms with Crippen LogP contribution in [-0.2, 0) is 16.0 Å². The Hall–Kier alpha value is -3.55. The summed E-state index contributed by atoms with van der Waals surface area (Å²) in [6, 6.07) is 8.23. The normalized spacial score (nSPS) is 14.1. The molecule has 150 valence electrons.